The number of hydrogen-bond donors (Lipinski definition) is 0. The molecule has 2 aromatic rings. The minimum atomic E-state index is 1.00. The molecule has 0 aliphatic heterocycles. The van der Waals surface area contributed by atoms with Crippen LogP contribution in [0.2, 0.25) is 0 Å². The Morgan fingerprint density at radius 3 is 2.35 bits per heavy atom. The highest BCUT2D eigenvalue weighted by Crippen LogP contribution is 2.17. The highest BCUT2D eigenvalue weighted by Gasteiger charge is 1.99. The summed E-state index contributed by atoms with van der Waals surface area (Å²) in [6.07, 6.45) is 7.44. The van der Waals surface area contributed by atoms with Crippen molar-refractivity contribution < 1.29 is 0 Å². The van der Waals surface area contributed by atoms with E-state index in [0.717, 1.165) is 22.0 Å². The Labute approximate surface area is 149 Å². The maximum absolute atomic E-state index is 3.52. The van der Waals surface area contributed by atoms with Crippen molar-refractivity contribution in [2.45, 2.75) is 52.4 Å². The van der Waals surface area contributed by atoms with Crippen molar-refractivity contribution in [3.63, 3.8) is 0 Å². The molecule has 0 aliphatic carbocycles. The summed E-state index contributed by atoms with van der Waals surface area (Å²) < 4.78 is 1.12. The van der Waals surface area contributed by atoms with Crippen LogP contribution in [0, 0.1) is 11.8 Å². The van der Waals surface area contributed by atoms with Gasteiger partial charge in [0, 0.05) is 15.6 Å². The lowest BCUT2D eigenvalue weighted by Crippen LogP contribution is -1.88. The lowest BCUT2D eigenvalue weighted by Gasteiger charge is -2.02. The second kappa shape index (κ2) is 9.58. The van der Waals surface area contributed by atoms with Crippen LogP contribution < -0.4 is 0 Å². The van der Waals surface area contributed by atoms with Crippen LogP contribution in [0.1, 0.15) is 61.8 Å². The van der Waals surface area contributed by atoms with Gasteiger partial charge >= 0.3 is 0 Å². The topological polar surface area (TPSA) is 0 Å². The average molecular weight is 369 g/mol. The van der Waals surface area contributed by atoms with Gasteiger partial charge in [-0.25, -0.2) is 0 Å². The Balaban J connectivity index is 2.02. The molecule has 0 saturated heterocycles. The summed E-state index contributed by atoms with van der Waals surface area (Å²) in [5.41, 5.74) is 4.93. The van der Waals surface area contributed by atoms with Gasteiger partial charge in [-0.1, -0.05) is 73.0 Å². The van der Waals surface area contributed by atoms with E-state index in [1.807, 2.05) is 0 Å². The molecule has 0 aliphatic rings. The van der Waals surface area contributed by atoms with E-state index in [1.54, 1.807) is 0 Å². The lowest BCUT2D eigenvalue weighted by atomic mass is 10.0. The minimum Gasteiger partial charge on any atom is -0.0654 e. The van der Waals surface area contributed by atoms with Gasteiger partial charge in [0.25, 0.3) is 0 Å². The number of aryl methyl sites for hydroxylation is 2. The van der Waals surface area contributed by atoms with Gasteiger partial charge in [0.05, 0.1) is 0 Å². The number of benzene rings is 2. The molecule has 0 saturated carbocycles. The van der Waals surface area contributed by atoms with Crippen LogP contribution in [-0.4, -0.2) is 0 Å². The summed E-state index contributed by atoms with van der Waals surface area (Å²) in [4.78, 5) is 0. The predicted molar refractivity (Wildman–Crippen MR) is 104 cm³/mol. The number of unbranched alkanes of at least 4 members (excludes halogenated alkanes) is 3. The molecule has 23 heavy (non-hydrogen) atoms. The van der Waals surface area contributed by atoms with Crippen molar-refractivity contribution in [3.8, 4) is 11.8 Å². The van der Waals surface area contributed by atoms with E-state index >= 15 is 0 Å². The molecule has 0 unspecified atom stereocenters. The van der Waals surface area contributed by atoms with Gasteiger partial charge in [0.2, 0.25) is 0 Å². The van der Waals surface area contributed by atoms with E-state index in [-0.39, 0.29) is 0 Å². The quantitative estimate of drug-likeness (QED) is 0.401. The first kappa shape index (κ1) is 17.8. The monoisotopic (exact) mass is 368 g/mol. The van der Waals surface area contributed by atoms with Gasteiger partial charge in [0.1, 0.15) is 0 Å². The van der Waals surface area contributed by atoms with E-state index in [2.05, 4.69) is 84.1 Å². The Kier molecular flexibility index (Phi) is 7.43. The third-order valence-corrected chi connectivity index (χ3v) is 4.56. The zero-order valence-electron chi connectivity index (χ0n) is 14.2. The predicted octanol–water partition coefficient (Wildman–Crippen LogP) is 6.53. The molecule has 120 valence electrons. The van der Waals surface area contributed by atoms with E-state index in [9.17, 15) is 0 Å². The molecule has 0 amide bonds. The first-order valence-corrected chi connectivity index (χ1v) is 9.41. The lowest BCUT2D eigenvalue weighted by molar-refractivity contribution is 0.667. The molecular formula is C22H25Br. The van der Waals surface area contributed by atoms with Gasteiger partial charge in [-0.2, -0.15) is 0 Å². The number of rotatable bonds is 6. The molecule has 0 spiro atoms. The van der Waals surface area contributed by atoms with E-state index in [1.165, 1.54) is 43.2 Å². The summed E-state index contributed by atoms with van der Waals surface area (Å²) >= 11 is 3.52. The molecule has 2 aromatic carbocycles. The minimum absolute atomic E-state index is 1.00. The second-order valence-corrected chi connectivity index (χ2v) is 6.83. The third kappa shape index (κ3) is 5.88. The van der Waals surface area contributed by atoms with E-state index in [4.69, 9.17) is 0 Å². The fraction of sp³-hybridized carbons (Fsp3) is 0.364. The molecule has 0 bridgehead atoms. The number of hydrogen-bond acceptors (Lipinski definition) is 0. The summed E-state index contributed by atoms with van der Waals surface area (Å²) in [5.74, 6) is 6.61. The molecule has 0 atom stereocenters. The largest absolute Gasteiger partial charge is 0.0654 e. The van der Waals surface area contributed by atoms with Crippen molar-refractivity contribution in [3.05, 3.63) is 69.2 Å². The van der Waals surface area contributed by atoms with Gasteiger partial charge in [0.15, 0.2) is 0 Å². The van der Waals surface area contributed by atoms with Gasteiger partial charge in [-0.05, 0) is 60.7 Å². The zero-order valence-corrected chi connectivity index (χ0v) is 15.7. The first-order chi connectivity index (χ1) is 11.2. The van der Waals surface area contributed by atoms with Crippen LogP contribution in [0.15, 0.2) is 46.9 Å². The van der Waals surface area contributed by atoms with Crippen LogP contribution in [0.5, 0.6) is 0 Å². The van der Waals surface area contributed by atoms with Gasteiger partial charge in [-0.15, -0.1) is 0 Å². The molecule has 0 aromatic heterocycles. The molecule has 2 rings (SSSR count). The molecule has 0 heterocycles. The fourth-order valence-electron chi connectivity index (χ4n) is 2.63. The fourth-order valence-corrected chi connectivity index (χ4v) is 3.04. The van der Waals surface area contributed by atoms with Crippen molar-refractivity contribution in [2.24, 2.45) is 0 Å². The Bertz CT molecular complexity index is 671. The highest BCUT2D eigenvalue weighted by atomic mass is 79.9. The number of halogens is 1. The molecule has 0 nitrogen and oxygen atoms in total. The molecule has 0 radical (unpaired) electrons. The first-order valence-electron chi connectivity index (χ1n) is 8.62. The summed E-state index contributed by atoms with van der Waals surface area (Å²) in [7, 11) is 0. The standard InChI is InChI=1S/C22H25Br/c1-3-5-6-7-8-18-9-11-19(12-10-18)13-14-21-15-16-22(23)17-20(21)4-2/h9-12,15-17H,3-8H2,1-2H3. The van der Waals surface area contributed by atoms with Crippen molar-refractivity contribution in [1.29, 1.82) is 0 Å². The SMILES string of the molecule is CCCCCCc1ccc(C#Cc2ccc(Br)cc2CC)cc1. The summed E-state index contributed by atoms with van der Waals surface area (Å²) in [6, 6.07) is 15.0. The highest BCUT2D eigenvalue weighted by molar-refractivity contribution is 9.10. The molecule has 0 N–H and O–H groups in total. The van der Waals surface area contributed by atoms with E-state index in [0.29, 0.717) is 0 Å². The third-order valence-electron chi connectivity index (χ3n) is 4.06. The van der Waals surface area contributed by atoms with Gasteiger partial charge in [-0.3, -0.25) is 0 Å². The van der Waals surface area contributed by atoms with Crippen LogP contribution in [0.25, 0.3) is 0 Å². The average Bonchev–Trinajstić information content (AvgIpc) is 2.58. The van der Waals surface area contributed by atoms with E-state index < -0.39 is 0 Å². The molecule has 0 fully saturated rings. The van der Waals surface area contributed by atoms with Crippen LogP contribution in [0.4, 0.5) is 0 Å². The summed E-state index contributed by atoms with van der Waals surface area (Å²) in [5, 5.41) is 0. The van der Waals surface area contributed by atoms with Crippen molar-refractivity contribution >= 4 is 15.9 Å². The van der Waals surface area contributed by atoms with Crippen molar-refractivity contribution in [2.75, 3.05) is 0 Å². The Morgan fingerprint density at radius 2 is 1.65 bits per heavy atom. The summed E-state index contributed by atoms with van der Waals surface area (Å²) in [6.45, 7) is 4.42. The Hall–Kier alpha value is -1.52. The maximum Gasteiger partial charge on any atom is 0.0281 e. The zero-order chi connectivity index (χ0) is 16.5. The van der Waals surface area contributed by atoms with Crippen LogP contribution >= 0.6 is 15.9 Å². The normalized spacial score (nSPS) is 10.2. The van der Waals surface area contributed by atoms with Crippen molar-refractivity contribution in [1.82, 2.24) is 0 Å². The van der Waals surface area contributed by atoms with Gasteiger partial charge < -0.3 is 0 Å². The van der Waals surface area contributed by atoms with Crippen LogP contribution in [0.3, 0.4) is 0 Å². The molecular weight excluding hydrogens is 344 g/mol. The van der Waals surface area contributed by atoms with Crippen LogP contribution in [-0.2, 0) is 12.8 Å². The maximum atomic E-state index is 3.52. The smallest absolute Gasteiger partial charge is 0.0281 e. The second-order valence-electron chi connectivity index (χ2n) is 5.91. The molecule has 1 heteroatoms. The Morgan fingerprint density at radius 1 is 0.870 bits per heavy atom.